The van der Waals surface area contributed by atoms with Crippen molar-refractivity contribution in [3.8, 4) is 12.1 Å². The maximum Gasteiger partial charge on any atom is 0.308 e. The Bertz CT molecular complexity index is 634. The number of hydrogen-bond acceptors (Lipinski definition) is 5. The van der Waals surface area contributed by atoms with E-state index in [1.165, 1.54) is 20.1 Å². The molecule has 1 aliphatic carbocycles. The van der Waals surface area contributed by atoms with Crippen molar-refractivity contribution in [2.45, 2.75) is 20.8 Å². The van der Waals surface area contributed by atoms with Gasteiger partial charge in [-0.25, -0.2) is 0 Å². The molecule has 1 rings (SSSR count). The molecule has 5 nitrogen and oxygen atoms in total. The number of rotatable bonds is 3. The molecule has 0 N–H and O–H groups in total. The summed E-state index contributed by atoms with van der Waals surface area (Å²) in [7, 11) is 1.43. The van der Waals surface area contributed by atoms with E-state index in [1.807, 2.05) is 26.0 Å². The standard InChI is InChI=1S/C16H16N2O3/c1-10(2)12-5-13(14(8-17)9-18)7-15(20-4)16(6-12)21-11(3)19/h5-7,10H,1-4H3. The van der Waals surface area contributed by atoms with Gasteiger partial charge in [0.25, 0.3) is 0 Å². The van der Waals surface area contributed by atoms with Crippen molar-refractivity contribution in [2.75, 3.05) is 7.11 Å². The topological polar surface area (TPSA) is 83.1 Å². The molecule has 5 heteroatoms. The number of esters is 1. The predicted molar refractivity (Wildman–Crippen MR) is 76.1 cm³/mol. The van der Waals surface area contributed by atoms with Crippen molar-refractivity contribution in [2.24, 2.45) is 5.92 Å². The molecule has 0 atom stereocenters. The number of carbonyl (C=O) groups excluding carboxylic acids is 1. The van der Waals surface area contributed by atoms with Gasteiger partial charge in [-0.15, -0.1) is 0 Å². The van der Waals surface area contributed by atoms with Crippen LogP contribution in [0.5, 0.6) is 0 Å². The summed E-state index contributed by atoms with van der Waals surface area (Å²) in [6.45, 7) is 5.22. The van der Waals surface area contributed by atoms with E-state index in [1.54, 1.807) is 12.2 Å². The molecule has 0 aromatic carbocycles. The minimum atomic E-state index is -0.472. The Morgan fingerprint density at radius 1 is 1.14 bits per heavy atom. The molecular weight excluding hydrogens is 268 g/mol. The molecule has 1 aliphatic rings. The second-order valence-electron chi connectivity index (χ2n) is 4.67. The van der Waals surface area contributed by atoms with E-state index in [0.717, 1.165) is 5.57 Å². The fourth-order valence-electron chi connectivity index (χ4n) is 1.72. The maximum atomic E-state index is 11.2. The lowest BCUT2D eigenvalue weighted by molar-refractivity contribution is -0.137. The highest BCUT2D eigenvalue weighted by Crippen LogP contribution is 2.27. The monoisotopic (exact) mass is 284 g/mol. The van der Waals surface area contributed by atoms with Gasteiger partial charge in [-0.2, -0.15) is 10.5 Å². The summed E-state index contributed by atoms with van der Waals surface area (Å²) in [6, 6.07) is 3.70. The van der Waals surface area contributed by atoms with Crippen LogP contribution in [-0.4, -0.2) is 13.1 Å². The van der Waals surface area contributed by atoms with Crippen LogP contribution in [0.3, 0.4) is 0 Å². The molecule has 0 saturated heterocycles. The third kappa shape index (κ3) is 4.09. The zero-order valence-corrected chi connectivity index (χ0v) is 12.4. The number of nitriles is 2. The number of methoxy groups -OCH3 is 1. The minimum absolute atomic E-state index is 0.0276. The van der Waals surface area contributed by atoms with Crippen molar-refractivity contribution in [3.05, 3.63) is 46.5 Å². The largest absolute Gasteiger partial charge is 0.493 e. The maximum absolute atomic E-state index is 11.2. The van der Waals surface area contributed by atoms with Crippen LogP contribution in [0.4, 0.5) is 0 Å². The summed E-state index contributed by atoms with van der Waals surface area (Å²) >= 11 is 0. The zero-order chi connectivity index (χ0) is 16.0. The molecule has 0 saturated carbocycles. The Labute approximate surface area is 124 Å². The van der Waals surface area contributed by atoms with Gasteiger partial charge >= 0.3 is 5.97 Å². The normalized spacial score (nSPS) is 14.0. The SMILES string of the molecule is COC1=CC(=C(C#N)C#N)C=C(C(C)C)C=C1OC(C)=O. The van der Waals surface area contributed by atoms with E-state index in [2.05, 4.69) is 0 Å². The number of carbonyl (C=O) groups is 1. The highest BCUT2D eigenvalue weighted by Gasteiger charge is 2.18. The second-order valence-corrected chi connectivity index (χ2v) is 4.67. The molecule has 0 heterocycles. The van der Waals surface area contributed by atoms with Crippen LogP contribution >= 0.6 is 0 Å². The van der Waals surface area contributed by atoms with Gasteiger partial charge < -0.3 is 9.47 Å². The zero-order valence-electron chi connectivity index (χ0n) is 12.4. The Morgan fingerprint density at radius 2 is 1.76 bits per heavy atom. The Hall–Kier alpha value is -2.79. The van der Waals surface area contributed by atoms with Crippen LogP contribution in [-0.2, 0) is 14.3 Å². The lowest BCUT2D eigenvalue weighted by Crippen LogP contribution is -2.04. The van der Waals surface area contributed by atoms with Crippen molar-refractivity contribution >= 4 is 5.97 Å². The van der Waals surface area contributed by atoms with Crippen LogP contribution in [0, 0.1) is 28.6 Å². The van der Waals surface area contributed by atoms with E-state index < -0.39 is 5.97 Å². The first-order chi connectivity index (χ1) is 9.92. The first kappa shape index (κ1) is 16.3. The summed E-state index contributed by atoms with van der Waals surface area (Å²) < 4.78 is 10.4. The molecule has 0 aliphatic heterocycles. The Morgan fingerprint density at radius 3 is 2.19 bits per heavy atom. The molecule has 0 radical (unpaired) electrons. The third-order valence-electron chi connectivity index (χ3n) is 2.80. The van der Waals surface area contributed by atoms with Crippen molar-refractivity contribution in [1.29, 1.82) is 10.5 Å². The second kappa shape index (κ2) is 7.12. The molecule has 108 valence electrons. The van der Waals surface area contributed by atoms with Crippen LogP contribution in [0.25, 0.3) is 0 Å². The van der Waals surface area contributed by atoms with Crippen LogP contribution < -0.4 is 0 Å². The molecule has 0 unspecified atom stereocenters. The van der Waals surface area contributed by atoms with Gasteiger partial charge in [-0.1, -0.05) is 13.8 Å². The Balaban J connectivity index is 3.54. The quantitative estimate of drug-likeness (QED) is 0.587. The van der Waals surface area contributed by atoms with Crippen LogP contribution in [0.2, 0.25) is 0 Å². The highest BCUT2D eigenvalue weighted by atomic mass is 16.6. The van der Waals surface area contributed by atoms with Crippen molar-refractivity contribution < 1.29 is 14.3 Å². The molecule has 0 aromatic rings. The van der Waals surface area contributed by atoms with Crippen LogP contribution in [0.1, 0.15) is 20.8 Å². The smallest absolute Gasteiger partial charge is 0.308 e. The summed E-state index contributed by atoms with van der Waals surface area (Å²) in [5, 5.41) is 18.1. The fraction of sp³-hybridized carbons (Fsp3) is 0.312. The van der Waals surface area contributed by atoms with Gasteiger partial charge in [0.1, 0.15) is 17.7 Å². The average Bonchev–Trinajstić information content (AvgIpc) is 2.59. The molecule has 0 aromatic heterocycles. The number of ether oxygens (including phenoxy) is 2. The Kier molecular flexibility index (Phi) is 5.51. The van der Waals surface area contributed by atoms with Crippen LogP contribution in [0.15, 0.2) is 46.5 Å². The van der Waals surface area contributed by atoms with Gasteiger partial charge in [-0.3, -0.25) is 4.79 Å². The molecule has 0 amide bonds. The predicted octanol–water partition coefficient (Wildman–Crippen LogP) is 2.90. The van der Waals surface area contributed by atoms with E-state index in [4.69, 9.17) is 20.0 Å². The third-order valence-corrected chi connectivity index (χ3v) is 2.80. The van der Waals surface area contributed by atoms with E-state index in [0.29, 0.717) is 5.57 Å². The lowest BCUT2D eigenvalue weighted by atomic mass is 9.99. The van der Waals surface area contributed by atoms with E-state index in [-0.39, 0.29) is 23.0 Å². The first-order valence-electron chi connectivity index (χ1n) is 6.35. The summed E-state index contributed by atoms with van der Waals surface area (Å²) in [6.07, 6.45) is 4.93. The number of hydrogen-bond donors (Lipinski definition) is 0. The highest BCUT2D eigenvalue weighted by molar-refractivity contribution is 5.69. The summed E-state index contributed by atoms with van der Waals surface area (Å²) in [4.78, 5) is 11.2. The lowest BCUT2D eigenvalue weighted by Gasteiger charge is -2.10. The molecule has 21 heavy (non-hydrogen) atoms. The van der Waals surface area contributed by atoms with Gasteiger partial charge in [0, 0.05) is 12.5 Å². The average molecular weight is 284 g/mol. The molecule has 0 bridgehead atoms. The summed E-state index contributed by atoms with van der Waals surface area (Å²) in [5.41, 5.74) is 1.23. The molecular formula is C16H16N2O3. The van der Waals surface area contributed by atoms with Gasteiger partial charge in [-0.05, 0) is 29.7 Å². The molecule has 0 spiro atoms. The van der Waals surface area contributed by atoms with Gasteiger partial charge in [0.15, 0.2) is 11.5 Å². The van der Waals surface area contributed by atoms with Gasteiger partial charge in [0.05, 0.1) is 7.11 Å². The van der Waals surface area contributed by atoms with E-state index in [9.17, 15) is 4.79 Å². The number of nitrogens with zero attached hydrogens (tertiary/aromatic N) is 2. The molecule has 0 fully saturated rings. The van der Waals surface area contributed by atoms with Gasteiger partial charge in [0.2, 0.25) is 0 Å². The first-order valence-corrected chi connectivity index (χ1v) is 6.35. The minimum Gasteiger partial charge on any atom is -0.493 e. The van der Waals surface area contributed by atoms with Crippen molar-refractivity contribution in [3.63, 3.8) is 0 Å². The number of allylic oxidation sites excluding steroid dienone is 6. The fourth-order valence-corrected chi connectivity index (χ4v) is 1.72. The van der Waals surface area contributed by atoms with Crippen molar-refractivity contribution in [1.82, 2.24) is 0 Å². The summed E-state index contributed by atoms with van der Waals surface area (Å²) in [5.74, 6) is 0.194. The van der Waals surface area contributed by atoms with E-state index >= 15 is 0 Å².